The number of hydrogen-bond acceptors (Lipinski definition) is 2. The van der Waals surface area contributed by atoms with Crippen LogP contribution in [0.3, 0.4) is 0 Å². The van der Waals surface area contributed by atoms with Gasteiger partial charge in [-0.05, 0) is 38.5 Å². The van der Waals surface area contributed by atoms with Gasteiger partial charge in [0.15, 0.2) is 0 Å². The molecule has 1 aliphatic rings. The number of aliphatic hydroxyl groups excluding tert-OH is 1. The molecule has 1 atom stereocenters. The number of aliphatic hydroxyl groups is 1. The first kappa shape index (κ1) is 10.0. The molecule has 1 unspecified atom stereocenters. The number of rotatable bonds is 5. The van der Waals surface area contributed by atoms with Crippen molar-refractivity contribution in [2.75, 3.05) is 6.61 Å². The summed E-state index contributed by atoms with van der Waals surface area (Å²) in [6.45, 7) is 6.70. The maximum absolute atomic E-state index is 9.55. The molecule has 0 aliphatic heterocycles. The van der Waals surface area contributed by atoms with E-state index in [1.807, 2.05) is 13.8 Å². The fourth-order valence-corrected chi connectivity index (χ4v) is 1.35. The van der Waals surface area contributed by atoms with Crippen LogP contribution in [0.5, 0.6) is 0 Å². The molecule has 1 N–H and O–H groups in total. The molecule has 0 aromatic heterocycles. The van der Waals surface area contributed by atoms with Crippen molar-refractivity contribution < 1.29 is 9.84 Å². The van der Waals surface area contributed by atoms with Gasteiger partial charge in [-0.15, -0.1) is 0 Å². The van der Waals surface area contributed by atoms with Crippen LogP contribution >= 0.6 is 0 Å². The van der Waals surface area contributed by atoms with Gasteiger partial charge in [-0.2, -0.15) is 0 Å². The first-order valence-corrected chi connectivity index (χ1v) is 4.81. The van der Waals surface area contributed by atoms with Gasteiger partial charge in [0.2, 0.25) is 0 Å². The predicted molar refractivity (Wildman–Crippen MR) is 49.1 cm³/mol. The van der Waals surface area contributed by atoms with Crippen molar-refractivity contribution in [2.45, 2.75) is 52.2 Å². The highest BCUT2D eigenvalue weighted by atomic mass is 16.5. The van der Waals surface area contributed by atoms with Crippen LogP contribution in [-0.2, 0) is 4.74 Å². The molecule has 1 aliphatic carbocycles. The molecule has 12 heavy (non-hydrogen) atoms. The SMILES string of the molecule is CC(C)OCC(O)CC1(C)CC1. The van der Waals surface area contributed by atoms with Crippen molar-refractivity contribution in [3.63, 3.8) is 0 Å². The summed E-state index contributed by atoms with van der Waals surface area (Å²) in [7, 11) is 0. The molecule has 2 heteroatoms. The van der Waals surface area contributed by atoms with E-state index in [0.717, 1.165) is 6.42 Å². The lowest BCUT2D eigenvalue weighted by Gasteiger charge is -2.16. The Morgan fingerprint density at radius 2 is 2.00 bits per heavy atom. The molecule has 1 rings (SSSR count). The van der Waals surface area contributed by atoms with E-state index in [1.165, 1.54) is 12.8 Å². The molecule has 72 valence electrons. The number of hydrogen-bond donors (Lipinski definition) is 1. The Hall–Kier alpha value is -0.0800. The topological polar surface area (TPSA) is 29.5 Å². The van der Waals surface area contributed by atoms with E-state index >= 15 is 0 Å². The average molecular weight is 172 g/mol. The van der Waals surface area contributed by atoms with Gasteiger partial charge >= 0.3 is 0 Å². The van der Waals surface area contributed by atoms with Gasteiger partial charge in [0, 0.05) is 0 Å². The lowest BCUT2D eigenvalue weighted by Crippen LogP contribution is -2.21. The first-order chi connectivity index (χ1) is 5.52. The third-order valence-electron chi connectivity index (χ3n) is 2.45. The Morgan fingerprint density at radius 3 is 2.42 bits per heavy atom. The molecule has 1 saturated carbocycles. The van der Waals surface area contributed by atoms with Crippen LogP contribution in [0.1, 0.15) is 40.0 Å². The average Bonchev–Trinajstić information content (AvgIpc) is 2.64. The van der Waals surface area contributed by atoms with Crippen LogP contribution in [0.25, 0.3) is 0 Å². The Labute approximate surface area is 74.9 Å². The van der Waals surface area contributed by atoms with E-state index in [0.29, 0.717) is 12.0 Å². The zero-order valence-corrected chi connectivity index (χ0v) is 8.34. The smallest absolute Gasteiger partial charge is 0.0779 e. The van der Waals surface area contributed by atoms with Gasteiger partial charge in [0.05, 0.1) is 18.8 Å². The Kier molecular flexibility index (Phi) is 3.13. The van der Waals surface area contributed by atoms with Crippen LogP contribution in [-0.4, -0.2) is 23.9 Å². The molecule has 0 aromatic rings. The third-order valence-corrected chi connectivity index (χ3v) is 2.45. The summed E-state index contributed by atoms with van der Waals surface area (Å²) in [6.07, 6.45) is 3.41. The molecule has 0 radical (unpaired) electrons. The highest BCUT2D eigenvalue weighted by molar-refractivity contribution is 4.90. The highest BCUT2D eigenvalue weighted by Crippen LogP contribution is 2.48. The van der Waals surface area contributed by atoms with Crippen LogP contribution in [0.4, 0.5) is 0 Å². The molecular weight excluding hydrogens is 152 g/mol. The minimum absolute atomic E-state index is 0.228. The van der Waals surface area contributed by atoms with Crippen LogP contribution < -0.4 is 0 Å². The summed E-state index contributed by atoms with van der Waals surface area (Å²) in [4.78, 5) is 0. The lowest BCUT2D eigenvalue weighted by molar-refractivity contribution is -0.00447. The second kappa shape index (κ2) is 3.75. The number of ether oxygens (including phenoxy) is 1. The molecule has 0 amide bonds. The lowest BCUT2D eigenvalue weighted by atomic mass is 10.0. The molecule has 0 saturated heterocycles. The Bertz CT molecular complexity index is 139. The quantitative estimate of drug-likeness (QED) is 0.687. The van der Waals surface area contributed by atoms with Crippen molar-refractivity contribution in [3.8, 4) is 0 Å². The molecule has 0 aromatic carbocycles. The first-order valence-electron chi connectivity index (χ1n) is 4.81. The van der Waals surface area contributed by atoms with Crippen LogP contribution in [0.2, 0.25) is 0 Å². The molecule has 0 spiro atoms. The molecule has 0 heterocycles. The second-order valence-corrected chi connectivity index (χ2v) is 4.55. The van der Waals surface area contributed by atoms with Gasteiger partial charge in [0.1, 0.15) is 0 Å². The van der Waals surface area contributed by atoms with Gasteiger partial charge in [-0.25, -0.2) is 0 Å². The zero-order valence-electron chi connectivity index (χ0n) is 8.34. The minimum Gasteiger partial charge on any atom is -0.391 e. The second-order valence-electron chi connectivity index (χ2n) is 4.55. The summed E-state index contributed by atoms with van der Waals surface area (Å²) >= 11 is 0. The van der Waals surface area contributed by atoms with Crippen molar-refractivity contribution in [1.29, 1.82) is 0 Å². The van der Waals surface area contributed by atoms with E-state index < -0.39 is 0 Å². The predicted octanol–water partition coefficient (Wildman–Crippen LogP) is 1.96. The van der Waals surface area contributed by atoms with Gasteiger partial charge in [0.25, 0.3) is 0 Å². The molecule has 1 fully saturated rings. The van der Waals surface area contributed by atoms with Gasteiger partial charge < -0.3 is 9.84 Å². The van der Waals surface area contributed by atoms with E-state index in [-0.39, 0.29) is 12.2 Å². The van der Waals surface area contributed by atoms with Crippen LogP contribution in [0.15, 0.2) is 0 Å². The standard InChI is InChI=1S/C10H20O2/c1-8(2)12-7-9(11)6-10(3)4-5-10/h8-9,11H,4-7H2,1-3H3. The summed E-state index contributed by atoms with van der Waals surface area (Å²) in [5.74, 6) is 0. The van der Waals surface area contributed by atoms with Crippen molar-refractivity contribution in [3.05, 3.63) is 0 Å². The maximum Gasteiger partial charge on any atom is 0.0779 e. The third kappa shape index (κ3) is 3.55. The van der Waals surface area contributed by atoms with Gasteiger partial charge in [-0.1, -0.05) is 6.92 Å². The van der Waals surface area contributed by atoms with E-state index in [1.54, 1.807) is 0 Å². The fourth-order valence-electron chi connectivity index (χ4n) is 1.35. The van der Waals surface area contributed by atoms with Crippen molar-refractivity contribution in [2.24, 2.45) is 5.41 Å². The fraction of sp³-hybridized carbons (Fsp3) is 1.00. The largest absolute Gasteiger partial charge is 0.391 e. The molecular formula is C10H20O2. The van der Waals surface area contributed by atoms with Crippen molar-refractivity contribution >= 4 is 0 Å². The van der Waals surface area contributed by atoms with E-state index in [9.17, 15) is 5.11 Å². The zero-order chi connectivity index (χ0) is 9.19. The van der Waals surface area contributed by atoms with Crippen LogP contribution in [0, 0.1) is 5.41 Å². The van der Waals surface area contributed by atoms with E-state index in [4.69, 9.17) is 4.74 Å². The normalized spacial score (nSPS) is 22.8. The summed E-state index contributed by atoms with van der Waals surface area (Å²) < 4.78 is 5.33. The maximum atomic E-state index is 9.55. The molecule has 2 nitrogen and oxygen atoms in total. The monoisotopic (exact) mass is 172 g/mol. The van der Waals surface area contributed by atoms with E-state index in [2.05, 4.69) is 6.92 Å². The Balaban J connectivity index is 2.07. The van der Waals surface area contributed by atoms with Crippen molar-refractivity contribution in [1.82, 2.24) is 0 Å². The highest BCUT2D eigenvalue weighted by Gasteiger charge is 2.38. The molecule has 0 bridgehead atoms. The van der Waals surface area contributed by atoms with Gasteiger partial charge in [-0.3, -0.25) is 0 Å². The summed E-state index contributed by atoms with van der Waals surface area (Å²) in [5.41, 5.74) is 0.430. The minimum atomic E-state index is -0.264. The summed E-state index contributed by atoms with van der Waals surface area (Å²) in [6, 6.07) is 0. The Morgan fingerprint density at radius 1 is 1.42 bits per heavy atom. The summed E-state index contributed by atoms with van der Waals surface area (Å²) in [5, 5.41) is 9.55.